The molecule has 35 heavy (non-hydrogen) atoms. The van der Waals surface area contributed by atoms with Gasteiger partial charge in [-0.1, -0.05) is 34.1 Å². The Balaban J connectivity index is 2.47. The number of rotatable bonds is 10. The average Bonchev–Trinajstić information content (AvgIpc) is 2.75. The van der Waals surface area contributed by atoms with Crippen LogP contribution in [0.2, 0.25) is 0 Å². The number of nitro benzene ring substituents is 1. The molecule has 10 nitrogen and oxygen atoms in total. The number of sulfonamides is 1. The second kappa shape index (κ2) is 11.6. The zero-order valence-electron chi connectivity index (χ0n) is 20.2. The molecule has 0 fully saturated rings. The van der Waals surface area contributed by atoms with Gasteiger partial charge in [-0.2, -0.15) is 0 Å². The first-order chi connectivity index (χ1) is 16.2. The minimum atomic E-state index is -4.00. The predicted molar refractivity (Wildman–Crippen MR) is 137 cm³/mol. The highest BCUT2D eigenvalue weighted by Crippen LogP contribution is 2.28. The van der Waals surface area contributed by atoms with E-state index in [0.717, 1.165) is 26.7 Å². The standard InChI is InChI=1S/C23H29BrN4O6S/c1-15(2)25-23(30)17(4)26(13-18-7-9-19(24)10-8-18)22(29)14-27(35(5,33)34)21-12-20(28(31)32)11-6-16(21)3/h6-12,15,17H,13-14H2,1-5H3,(H,25,30)/t17-/m0/s1. The second-order valence-electron chi connectivity index (χ2n) is 8.48. The Morgan fingerprint density at radius 2 is 1.71 bits per heavy atom. The molecule has 0 radical (unpaired) electrons. The maximum atomic E-state index is 13.5. The van der Waals surface area contributed by atoms with E-state index in [2.05, 4.69) is 21.2 Å². The Hall–Kier alpha value is -2.99. The molecular weight excluding hydrogens is 540 g/mol. The number of amides is 2. The number of hydrogen-bond acceptors (Lipinski definition) is 6. The third-order valence-electron chi connectivity index (χ3n) is 5.22. The number of benzene rings is 2. The third kappa shape index (κ3) is 7.76. The molecule has 2 aromatic carbocycles. The van der Waals surface area contributed by atoms with Crippen LogP contribution in [0, 0.1) is 17.0 Å². The van der Waals surface area contributed by atoms with Gasteiger partial charge in [-0.25, -0.2) is 8.42 Å². The number of halogens is 1. The van der Waals surface area contributed by atoms with Crippen molar-refractivity contribution in [2.45, 2.75) is 46.3 Å². The fraction of sp³-hybridized carbons (Fsp3) is 0.391. The van der Waals surface area contributed by atoms with E-state index in [9.17, 15) is 28.1 Å². The van der Waals surface area contributed by atoms with E-state index in [1.165, 1.54) is 17.0 Å². The van der Waals surface area contributed by atoms with Gasteiger partial charge in [0.05, 0.1) is 16.9 Å². The summed E-state index contributed by atoms with van der Waals surface area (Å²) in [6.45, 7) is 6.18. The fourth-order valence-corrected chi connectivity index (χ4v) is 4.51. The Morgan fingerprint density at radius 1 is 1.11 bits per heavy atom. The van der Waals surface area contributed by atoms with Crippen molar-refractivity contribution in [3.63, 3.8) is 0 Å². The number of carbonyl (C=O) groups is 2. The SMILES string of the molecule is Cc1ccc([N+](=O)[O-])cc1N(CC(=O)N(Cc1ccc(Br)cc1)[C@@H](C)C(=O)NC(C)C)S(C)(=O)=O. The van der Waals surface area contributed by atoms with Crippen molar-refractivity contribution in [1.29, 1.82) is 0 Å². The van der Waals surface area contributed by atoms with Gasteiger partial charge in [0, 0.05) is 29.2 Å². The number of non-ortho nitro benzene ring substituents is 1. The first-order valence-electron chi connectivity index (χ1n) is 10.8. The number of nitrogens with one attached hydrogen (secondary N) is 1. The summed E-state index contributed by atoms with van der Waals surface area (Å²) < 4.78 is 27.0. The van der Waals surface area contributed by atoms with Crippen molar-refractivity contribution in [2.75, 3.05) is 17.1 Å². The zero-order valence-corrected chi connectivity index (χ0v) is 22.6. The Labute approximate surface area is 213 Å². The van der Waals surface area contributed by atoms with E-state index < -0.39 is 33.4 Å². The summed E-state index contributed by atoms with van der Waals surface area (Å²) in [5.74, 6) is -1.02. The van der Waals surface area contributed by atoms with Crippen molar-refractivity contribution in [3.05, 3.63) is 68.2 Å². The topological polar surface area (TPSA) is 130 Å². The van der Waals surface area contributed by atoms with Crippen LogP contribution in [0.4, 0.5) is 11.4 Å². The van der Waals surface area contributed by atoms with Crippen LogP contribution in [0.3, 0.4) is 0 Å². The highest BCUT2D eigenvalue weighted by molar-refractivity contribution is 9.10. The van der Waals surface area contributed by atoms with Crippen LogP contribution in [0.5, 0.6) is 0 Å². The molecular formula is C23H29BrN4O6S. The summed E-state index contributed by atoms with van der Waals surface area (Å²) in [6.07, 6.45) is 0.923. The Morgan fingerprint density at radius 3 is 2.23 bits per heavy atom. The lowest BCUT2D eigenvalue weighted by atomic mass is 10.1. The molecule has 0 aliphatic carbocycles. The lowest BCUT2D eigenvalue weighted by Crippen LogP contribution is -2.52. The minimum Gasteiger partial charge on any atom is -0.352 e. The summed E-state index contributed by atoms with van der Waals surface area (Å²) in [6, 6.07) is 9.92. The molecule has 0 unspecified atom stereocenters. The average molecular weight is 569 g/mol. The van der Waals surface area contributed by atoms with Crippen molar-refractivity contribution in [2.24, 2.45) is 0 Å². The van der Waals surface area contributed by atoms with Crippen LogP contribution in [0.1, 0.15) is 31.9 Å². The highest BCUT2D eigenvalue weighted by atomic mass is 79.9. The molecule has 2 aromatic rings. The van der Waals surface area contributed by atoms with E-state index in [0.29, 0.717) is 5.56 Å². The van der Waals surface area contributed by atoms with Gasteiger partial charge in [0.25, 0.3) is 5.69 Å². The molecule has 0 aromatic heterocycles. The smallest absolute Gasteiger partial charge is 0.271 e. The van der Waals surface area contributed by atoms with Crippen molar-refractivity contribution in [1.82, 2.24) is 10.2 Å². The van der Waals surface area contributed by atoms with Gasteiger partial charge >= 0.3 is 0 Å². The molecule has 12 heteroatoms. The predicted octanol–water partition coefficient (Wildman–Crippen LogP) is 3.37. The van der Waals surface area contributed by atoms with Crippen LogP contribution in [-0.2, 0) is 26.2 Å². The monoisotopic (exact) mass is 568 g/mol. The maximum Gasteiger partial charge on any atom is 0.271 e. The Bertz CT molecular complexity index is 1200. The summed E-state index contributed by atoms with van der Waals surface area (Å²) in [5.41, 5.74) is 0.906. The number of nitro groups is 1. The molecule has 0 spiro atoms. The lowest BCUT2D eigenvalue weighted by Gasteiger charge is -2.32. The molecule has 0 aliphatic heterocycles. The molecule has 0 heterocycles. The summed E-state index contributed by atoms with van der Waals surface area (Å²) in [5, 5.41) is 14.0. The minimum absolute atomic E-state index is 0.0259. The van der Waals surface area contributed by atoms with Crippen LogP contribution in [-0.4, -0.2) is 54.9 Å². The molecule has 2 amide bonds. The molecule has 1 atom stereocenters. The summed E-state index contributed by atoms with van der Waals surface area (Å²) in [7, 11) is -4.00. The van der Waals surface area contributed by atoms with Crippen LogP contribution in [0.15, 0.2) is 46.9 Å². The largest absolute Gasteiger partial charge is 0.352 e. The van der Waals surface area contributed by atoms with Gasteiger partial charge in [0.2, 0.25) is 21.8 Å². The van der Waals surface area contributed by atoms with Crippen molar-refractivity contribution < 1.29 is 22.9 Å². The summed E-state index contributed by atoms with van der Waals surface area (Å²) in [4.78, 5) is 38.2. The van der Waals surface area contributed by atoms with E-state index in [1.54, 1.807) is 52.0 Å². The normalized spacial score (nSPS) is 12.2. The summed E-state index contributed by atoms with van der Waals surface area (Å²) >= 11 is 3.36. The van der Waals surface area contributed by atoms with Gasteiger partial charge in [0.1, 0.15) is 12.6 Å². The molecule has 0 aliphatic rings. The van der Waals surface area contributed by atoms with Crippen LogP contribution < -0.4 is 9.62 Å². The van der Waals surface area contributed by atoms with E-state index in [4.69, 9.17) is 0 Å². The van der Waals surface area contributed by atoms with Crippen molar-refractivity contribution >= 4 is 49.1 Å². The Kier molecular flexibility index (Phi) is 9.38. The molecule has 190 valence electrons. The van der Waals surface area contributed by atoms with Gasteiger partial charge in [-0.15, -0.1) is 0 Å². The van der Waals surface area contributed by atoms with Crippen LogP contribution >= 0.6 is 15.9 Å². The number of nitrogens with zero attached hydrogens (tertiary/aromatic N) is 3. The molecule has 0 bridgehead atoms. The second-order valence-corrected chi connectivity index (χ2v) is 11.3. The first-order valence-corrected chi connectivity index (χ1v) is 13.4. The van der Waals surface area contributed by atoms with E-state index in [1.807, 2.05) is 0 Å². The molecule has 0 saturated carbocycles. The lowest BCUT2D eigenvalue weighted by molar-refractivity contribution is -0.384. The van der Waals surface area contributed by atoms with Crippen LogP contribution in [0.25, 0.3) is 0 Å². The quantitative estimate of drug-likeness (QED) is 0.345. The number of aryl methyl sites for hydroxylation is 1. The van der Waals surface area contributed by atoms with Gasteiger partial charge in [-0.3, -0.25) is 24.0 Å². The fourth-order valence-electron chi connectivity index (χ4n) is 3.35. The highest BCUT2D eigenvalue weighted by Gasteiger charge is 2.31. The van der Waals surface area contributed by atoms with Gasteiger partial charge in [0.15, 0.2) is 0 Å². The van der Waals surface area contributed by atoms with E-state index in [-0.39, 0.29) is 29.9 Å². The molecule has 1 N–H and O–H groups in total. The molecule has 0 saturated heterocycles. The van der Waals surface area contributed by atoms with E-state index >= 15 is 0 Å². The zero-order chi connectivity index (χ0) is 26.5. The van der Waals surface area contributed by atoms with Crippen molar-refractivity contribution in [3.8, 4) is 0 Å². The number of carbonyl (C=O) groups excluding carboxylic acids is 2. The number of anilines is 1. The molecule has 2 rings (SSSR count). The van der Waals surface area contributed by atoms with Gasteiger partial charge in [-0.05, 0) is 51.0 Å². The maximum absolute atomic E-state index is 13.5. The number of hydrogen-bond donors (Lipinski definition) is 1. The van der Waals surface area contributed by atoms with Gasteiger partial charge < -0.3 is 10.2 Å². The third-order valence-corrected chi connectivity index (χ3v) is 6.87. The first kappa shape index (κ1) is 28.2.